The first-order chi connectivity index (χ1) is 13.9. The Morgan fingerprint density at radius 3 is 2.48 bits per heavy atom. The highest BCUT2D eigenvalue weighted by molar-refractivity contribution is 7.14. The zero-order chi connectivity index (χ0) is 21.0. The lowest BCUT2D eigenvalue weighted by Gasteiger charge is -2.13. The van der Waals surface area contributed by atoms with Gasteiger partial charge in [-0.1, -0.05) is 43.0 Å². The molecule has 0 unspecified atom stereocenters. The molecule has 0 spiro atoms. The maximum absolute atomic E-state index is 12.4. The SMILES string of the molecule is C=C(C(=O)O)c1cccc(-c2ccccc2NC(=O)Nc2sccc2C(N)=O)c1. The fraction of sp³-hybridized carbons (Fsp3) is 0. The molecule has 5 N–H and O–H groups in total. The zero-order valence-corrected chi connectivity index (χ0v) is 16.0. The largest absolute Gasteiger partial charge is 0.478 e. The van der Waals surface area contributed by atoms with E-state index in [-0.39, 0.29) is 11.1 Å². The average Bonchev–Trinajstić information content (AvgIpc) is 3.16. The molecular weight excluding hydrogens is 390 g/mol. The summed E-state index contributed by atoms with van der Waals surface area (Å²) in [6, 6.07) is 15.0. The smallest absolute Gasteiger partial charge is 0.335 e. The van der Waals surface area contributed by atoms with E-state index in [0.717, 1.165) is 5.56 Å². The zero-order valence-electron chi connectivity index (χ0n) is 15.1. The number of benzene rings is 2. The Kier molecular flexibility index (Phi) is 5.75. The Bertz CT molecular complexity index is 1120. The van der Waals surface area contributed by atoms with Gasteiger partial charge in [-0.2, -0.15) is 0 Å². The van der Waals surface area contributed by atoms with Gasteiger partial charge in [-0.25, -0.2) is 9.59 Å². The maximum atomic E-state index is 12.4. The summed E-state index contributed by atoms with van der Waals surface area (Å²) in [6.07, 6.45) is 0. The van der Waals surface area contributed by atoms with Crippen LogP contribution >= 0.6 is 11.3 Å². The number of carbonyl (C=O) groups is 3. The van der Waals surface area contributed by atoms with E-state index in [1.807, 2.05) is 12.1 Å². The van der Waals surface area contributed by atoms with E-state index in [1.165, 1.54) is 17.4 Å². The highest BCUT2D eigenvalue weighted by Crippen LogP contribution is 2.30. The van der Waals surface area contributed by atoms with E-state index in [1.54, 1.807) is 41.8 Å². The minimum absolute atomic E-state index is 0.0216. The van der Waals surface area contributed by atoms with Crippen molar-refractivity contribution in [2.24, 2.45) is 5.73 Å². The number of nitrogens with two attached hydrogens (primary N) is 1. The fourth-order valence-electron chi connectivity index (χ4n) is 2.70. The molecule has 3 aromatic rings. The van der Waals surface area contributed by atoms with Crippen molar-refractivity contribution in [1.82, 2.24) is 0 Å². The van der Waals surface area contributed by atoms with Crippen LogP contribution in [0, 0.1) is 0 Å². The number of carboxylic acids is 1. The average molecular weight is 407 g/mol. The van der Waals surface area contributed by atoms with Gasteiger partial charge < -0.3 is 16.2 Å². The first kappa shape index (κ1) is 19.8. The van der Waals surface area contributed by atoms with Crippen molar-refractivity contribution in [3.05, 3.63) is 77.7 Å². The van der Waals surface area contributed by atoms with Crippen molar-refractivity contribution in [2.75, 3.05) is 10.6 Å². The number of carboxylic acid groups (broad SMARTS) is 1. The molecule has 0 aliphatic heterocycles. The standard InChI is InChI=1S/C21H17N3O4S/c1-12(20(26)27)13-5-4-6-14(11-13)15-7-2-3-8-17(15)23-21(28)24-19-16(18(22)25)9-10-29-19/h2-11H,1H2,(H2,22,25)(H,26,27)(H2,23,24,28). The number of primary amides is 1. The van der Waals surface area contributed by atoms with Gasteiger partial charge in [0.25, 0.3) is 5.91 Å². The lowest BCUT2D eigenvalue weighted by molar-refractivity contribution is -0.130. The van der Waals surface area contributed by atoms with Crippen LogP contribution in [0.5, 0.6) is 0 Å². The third-order valence-electron chi connectivity index (χ3n) is 4.11. The van der Waals surface area contributed by atoms with Gasteiger partial charge in [0, 0.05) is 5.56 Å². The number of nitrogens with one attached hydrogen (secondary N) is 2. The molecule has 7 nitrogen and oxygen atoms in total. The van der Waals surface area contributed by atoms with E-state index < -0.39 is 17.9 Å². The molecule has 3 rings (SSSR count). The summed E-state index contributed by atoms with van der Waals surface area (Å²) in [7, 11) is 0. The normalized spacial score (nSPS) is 10.2. The molecule has 0 fully saturated rings. The molecular formula is C21H17N3O4S. The third kappa shape index (κ3) is 4.50. The minimum atomic E-state index is -1.10. The van der Waals surface area contributed by atoms with Crippen molar-refractivity contribution in [3.8, 4) is 11.1 Å². The van der Waals surface area contributed by atoms with Crippen LogP contribution in [0.2, 0.25) is 0 Å². The fourth-order valence-corrected chi connectivity index (χ4v) is 3.49. The van der Waals surface area contributed by atoms with Gasteiger partial charge >= 0.3 is 12.0 Å². The molecule has 0 atom stereocenters. The lowest BCUT2D eigenvalue weighted by atomic mass is 9.98. The summed E-state index contributed by atoms with van der Waals surface area (Å²) in [5, 5.41) is 16.5. The number of amides is 3. The number of anilines is 2. The van der Waals surface area contributed by atoms with Crippen molar-refractivity contribution >= 4 is 45.5 Å². The van der Waals surface area contributed by atoms with Gasteiger partial charge in [-0.3, -0.25) is 10.1 Å². The van der Waals surface area contributed by atoms with Crippen LogP contribution in [-0.2, 0) is 4.79 Å². The van der Waals surface area contributed by atoms with Crippen molar-refractivity contribution < 1.29 is 19.5 Å². The number of hydrogen-bond donors (Lipinski definition) is 4. The number of thiophene rings is 1. The van der Waals surface area contributed by atoms with Gasteiger partial charge in [0.05, 0.1) is 16.8 Å². The molecule has 1 aromatic heterocycles. The highest BCUT2D eigenvalue weighted by Gasteiger charge is 2.15. The predicted molar refractivity (Wildman–Crippen MR) is 114 cm³/mol. The molecule has 1 heterocycles. The van der Waals surface area contributed by atoms with E-state index in [0.29, 0.717) is 21.8 Å². The second kappa shape index (κ2) is 8.41. The van der Waals surface area contributed by atoms with Crippen molar-refractivity contribution in [1.29, 1.82) is 0 Å². The molecule has 146 valence electrons. The van der Waals surface area contributed by atoms with Gasteiger partial charge in [0.15, 0.2) is 0 Å². The highest BCUT2D eigenvalue weighted by atomic mass is 32.1. The summed E-state index contributed by atoms with van der Waals surface area (Å²) in [5.41, 5.74) is 7.91. The molecule has 2 aromatic carbocycles. The Labute approximate surface area is 170 Å². The van der Waals surface area contributed by atoms with Gasteiger partial charge in [0.2, 0.25) is 0 Å². The molecule has 0 aliphatic rings. The Morgan fingerprint density at radius 1 is 1.00 bits per heavy atom. The molecule has 0 saturated carbocycles. The topological polar surface area (TPSA) is 122 Å². The van der Waals surface area contributed by atoms with E-state index in [9.17, 15) is 14.4 Å². The van der Waals surface area contributed by atoms with Crippen molar-refractivity contribution in [2.45, 2.75) is 0 Å². The third-order valence-corrected chi connectivity index (χ3v) is 4.94. The second-order valence-electron chi connectivity index (χ2n) is 6.02. The summed E-state index contributed by atoms with van der Waals surface area (Å²) in [6.45, 7) is 3.58. The molecule has 0 bridgehead atoms. The number of urea groups is 1. The number of para-hydroxylation sites is 1. The van der Waals surface area contributed by atoms with Gasteiger partial charge in [-0.05, 0) is 34.7 Å². The van der Waals surface area contributed by atoms with E-state index in [4.69, 9.17) is 10.8 Å². The summed E-state index contributed by atoms with van der Waals surface area (Å²) < 4.78 is 0. The predicted octanol–water partition coefficient (Wildman–Crippen LogP) is 4.26. The molecule has 3 amide bonds. The molecule has 0 radical (unpaired) electrons. The Hall–Kier alpha value is -3.91. The van der Waals surface area contributed by atoms with Crippen LogP contribution in [-0.4, -0.2) is 23.0 Å². The van der Waals surface area contributed by atoms with Crippen LogP contribution < -0.4 is 16.4 Å². The minimum Gasteiger partial charge on any atom is -0.478 e. The first-order valence-corrected chi connectivity index (χ1v) is 9.32. The van der Waals surface area contributed by atoms with Crippen LogP contribution in [0.3, 0.4) is 0 Å². The number of rotatable bonds is 6. The van der Waals surface area contributed by atoms with Gasteiger partial charge in [-0.15, -0.1) is 11.3 Å². The van der Waals surface area contributed by atoms with Crippen LogP contribution in [0.15, 0.2) is 66.6 Å². The van der Waals surface area contributed by atoms with Gasteiger partial charge in [0.1, 0.15) is 5.00 Å². The monoisotopic (exact) mass is 407 g/mol. The number of carbonyl (C=O) groups excluding carboxylic acids is 2. The second-order valence-corrected chi connectivity index (χ2v) is 6.93. The Balaban J connectivity index is 1.86. The molecule has 0 saturated heterocycles. The van der Waals surface area contributed by atoms with Crippen molar-refractivity contribution in [3.63, 3.8) is 0 Å². The summed E-state index contributed by atoms with van der Waals surface area (Å²) in [4.78, 5) is 35.0. The number of hydrogen-bond acceptors (Lipinski definition) is 4. The molecule has 29 heavy (non-hydrogen) atoms. The summed E-state index contributed by atoms with van der Waals surface area (Å²) >= 11 is 1.19. The maximum Gasteiger partial charge on any atom is 0.335 e. The molecule has 8 heteroatoms. The Morgan fingerprint density at radius 2 is 1.76 bits per heavy atom. The van der Waals surface area contributed by atoms with Crippen LogP contribution in [0.4, 0.5) is 15.5 Å². The molecule has 0 aliphatic carbocycles. The van der Waals surface area contributed by atoms with Crippen LogP contribution in [0.1, 0.15) is 15.9 Å². The van der Waals surface area contributed by atoms with E-state index >= 15 is 0 Å². The first-order valence-electron chi connectivity index (χ1n) is 8.44. The summed E-state index contributed by atoms with van der Waals surface area (Å²) in [5.74, 6) is -1.73. The lowest BCUT2D eigenvalue weighted by Crippen LogP contribution is -2.21. The van der Waals surface area contributed by atoms with E-state index in [2.05, 4.69) is 17.2 Å². The quantitative estimate of drug-likeness (QED) is 0.456. The van der Waals surface area contributed by atoms with Crippen LogP contribution in [0.25, 0.3) is 16.7 Å². The number of aliphatic carboxylic acids is 1.